The zero-order valence-electron chi connectivity index (χ0n) is 8.95. The summed E-state index contributed by atoms with van der Waals surface area (Å²) in [5, 5.41) is 12.1. The number of nitrogens with two attached hydrogens (primary N) is 1. The van der Waals surface area contributed by atoms with E-state index in [1.165, 1.54) is 6.42 Å². The molecule has 1 aliphatic rings. The van der Waals surface area contributed by atoms with E-state index in [1.807, 2.05) is 0 Å². The molecule has 1 rings (SSSR count). The quantitative estimate of drug-likeness (QED) is 0.495. The Balaban J connectivity index is 1.90. The second-order valence-corrected chi connectivity index (χ2v) is 3.90. The minimum absolute atomic E-state index is 0.237. The fourth-order valence-electron chi connectivity index (χ4n) is 1.67. The molecule has 2 atom stereocenters. The van der Waals surface area contributed by atoms with Crippen LogP contribution in [0.1, 0.15) is 25.7 Å². The van der Waals surface area contributed by atoms with Gasteiger partial charge in [0.2, 0.25) is 5.91 Å². The van der Waals surface area contributed by atoms with Gasteiger partial charge in [-0.15, -0.1) is 0 Å². The SMILES string of the molecule is NC(=O)C(O)CNCCCC1CCCO1. The predicted molar refractivity (Wildman–Crippen MR) is 56.3 cm³/mol. The molecule has 0 saturated carbocycles. The molecule has 0 bridgehead atoms. The van der Waals surface area contributed by atoms with Crippen LogP contribution in [0.15, 0.2) is 0 Å². The van der Waals surface area contributed by atoms with Crippen LogP contribution in [-0.4, -0.2) is 42.9 Å². The Kier molecular flexibility index (Phi) is 5.60. The first-order valence-corrected chi connectivity index (χ1v) is 5.50. The van der Waals surface area contributed by atoms with Crippen molar-refractivity contribution in [1.29, 1.82) is 0 Å². The fourth-order valence-corrected chi connectivity index (χ4v) is 1.67. The van der Waals surface area contributed by atoms with Crippen LogP contribution in [0.4, 0.5) is 0 Å². The van der Waals surface area contributed by atoms with Crippen LogP contribution in [0.3, 0.4) is 0 Å². The van der Waals surface area contributed by atoms with E-state index in [0.29, 0.717) is 6.10 Å². The molecule has 5 nitrogen and oxygen atoms in total. The van der Waals surface area contributed by atoms with Crippen LogP contribution in [0.5, 0.6) is 0 Å². The molecule has 0 aromatic carbocycles. The van der Waals surface area contributed by atoms with Crippen molar-refractivity contribution in [1.82, 2.24) is 5.32 Å². The summed E-state index contributed by atoms with van der Waals surface area (Å²) in [7, 11) is 0. The largest absolute Gasteiger partial charge is 0.382 e. The van der Waals surface area contributed by atoms with Crippen molar-refractivity contribution >= 4 is 5.91 Å². The monoisotopic (exact) mass is 216 g/mol. The summed E-state index contributed by atoms with van der Waals surface area (Å²) in [6.45, 7) is 1.91. The lowest BCUT2D eigenvalue weighted by Crippen LogP contribution is -2.38. The number of primary amides is 1. The average Bonchev–Trinajstić information content (AvgIpc) is 2.69. The molecule has 1 heterocycles. The molecule has 2 unspecified atom stereocenters. The molecule has 1 aliphatic heterocycles. The zero-order valence-corrected chi connectivity index (χ0v) is 8.95. The summed E-state index contributed by atoms with van der Waals surface area (Å²) in [6, 6.07) is 0. The number of rotatable bonds is 7. The van der Waals surface area contributed by atoms with E-state index in [0.717, 1.165) is 32.4 Å². The molecule has 0 spiro atoms. The Labute approximate surface area is 90.0 Å². The number of aliphatic hydroxyl groups excluding tert-OH is 1. The number of carbonyl (C=O) groups excluding carboxylic acids is 1. The van der Waals surface area contributed by atoms with Crippen LogP contribution < -0.4 is 11.1 Å². The number of hydrogen-bond donors (Lipinski definition) is 3. The van der Waals surface area contributed by atoms with Gasteiger partial charge < -0.3 is 20.9 Å². The molecule has 1 fully saturated rings. The third-order valence-corrected chi connectivity index (χ3v) is 2.57. The van der Waals surface area contributed by atoms with E-state index in [4.69, 9.17) is 15.6 Å². The smallest absolute Gasteiger partial charge is 0.247 e. The van der Waals surface area contributed by atoms with Gasteiger partial charge in [0.1, 0.15) is 6.10 Å². The summed E-state index contributed by atoms with van der Waals surface area (Å²) in [6.07, 6.45) is 3.69. The molecular weight excluding hydrogens is 196 g/mol. The Morgan fingerprint density at radius 1 is 1.67 bits per heavy atom. The van der Waals surface area contributed by atoms with Gasteiger partial charge in [0.05, 0.1) is 6.10 Å². The van der Waals surface area contributed by atoms with Crippen molar-refractivity contribution in [2.45, 2.75) is 37.9 Å². The third kappa shape index (κ3) is 5.11. The third-order valence-electron chi connectivity index (χ3n) is 2.57. The minimum Gasteiger partial charge on any atom is -0.382 e. The lowest BCUT2D eigenvalue weighted by atomic mass is 10.1. The molecule has 15 heavy (non-hydrogen) atoms. The first kappa shape index (κ1) is 12.4. The Morgan fingerprint density at radius 3 is 3.07 bits per heavy atom. The number of aliphatic hydroxyl groups is 1. The van der Waals surface area contributed by atoms with Crippen molar-refractivity contribution in [2.75, 3.05) is 19.7 Å². The molecule has 1 saturated heterocycles. The highest BCUT2D eigenvalue weighted by Crippen LogP contribution is 2.16. The number of carbonyl (C=O) groups is 1. The second kappa shape index (κ2) is 6.76. The van der Waals surface area contributed by atoms with Gasteiger partial charge in [0.25, 0.3) is 0 Å². The molecule has 0 radical (unpaired) electrons. The van der Waals surface area contributed by atoms with Gasteiger partial charge in [0.15, 0.2) is 0 Å². The highest BCUT2D eigenvalue weighted by Gasteiger charge is 2.14. The van der Waals surface area contributed by atoms with Gasteiger partial charge in [-0.1, -0.05) is 0 Å². The summed E-state index contributed by atoms with van der Waals surface area (Å²) < 4.78 is 5.47. The number of hydrogen-bond acceptors (Lipinski definition) is 4. The highest BCUT2D eigenvalue weighted by atomic mass is 16.5. The van der Waals surface area contributed by atoms with Crippen LogP contribution in [0.2, 0.25) is 0 Å². The van der Waals surface area contributed by atoms with Gasteiger partial charge in [-0.3, -0.25) is 4.79 Å². The molecule has 1 amide bonds. The normalized spacial score (nSPS) is 22.9. The standard InChI is InChI=1S/C10H20N2O3/c11-10(14)9(13)7-12-5-1-3-8-4-2-6-15-8/h8-9,12-13H,1-7H2,(H2,11,14). The molecule has 0 aliphatic carbocycles. The number of nitrogens with one attached hydrogen (secondary N) is 1. The average molecular weight is 216 g/mol. The maximum absolute atomic E-state index is 10.5. The summed E-state index contributed by atoms with van der Waals surface area (Å²) in [5.74, 6) is -0.679. The first-order chi connectivity index (χ1) is 7.20. The predicted octanol–water partition coefficient (Wildman–Crippen LogP) is -0.619. The maximum Gasteiger partial charge on any atom is 0.247 e. The van der Waals surface area contributed by atoms with Crippen molar-refractivity contribution in [3.05, 3.63) is 0 Å². The molecule has 0 aromatic heterocycles. The highest BCUT2D eigenvalue weighted by molar-refractivity contribution is 5.78. The van der Waals surface area contributed by atoms with Crippen LogP contribution in [0.25, 0.3) is 0 Å². The summed E-state index contributed by atoms with van der Waals surface area (Å²) in [4.78, 5) is 10.5. The number of amides is 1. The fraction of sp³-hybridized carbons (Fsp3) is 0.900. The minimum atomic E-state index is -1.08. The Bertz CT molecular complexity index is 193. The van der Waals surface area contributed by atoms with Gasteiger partial charge in [-0.25, -0.2) is 0 Å². The molecule has 0 aromatic rings. The summed E-state index contributed by atoms with van der Waals surface area (Å²) >= 11 is 0. The van der Waals surface area contributed by atoms with Gasteiger partial charge in [-0.2, -0.15) is 0 Å². The van der Waals surface area contributed by atoms with Crippen molar-refractivity contribution in [3.63, 3.8) is 0 Å². The van der Waals surface area contributed by atoms with Crippen LogP contribution in [0, 0.1) is 0 Å². The van der Waals surface area contributed by atoms with E-state index in [1.54, 1.807) is 0 Å². The molecule has 88 valence electrons. The Morgan fingerprint density at radius 2 is 2.47 bits per heavy atom. The van der Waals surface area contributed by atoms with Gasteiger partial charge in [-0.05, 0) is 32.2 Å². The van der Waals surface area contributed by atoms with Crippen molar-refractivity contribution in [2.24, 2.45) is 5.73 Å². The molecular formula is C10H20N2O3. The van der Waals surface area contributed by atoms with E-state index >= 15 is 0 Å². The first-order valence-electron chi connectivity index (χ1n) is 5.50. The van der Waals surface area contributed by atoms with E-state index in [9.17, 15) is 4.79 Å². The lowest BCUT2D eigenvalue weighted by molar-refractivity contribution is -0.125. The van der Waals surface area contributed by atoms with E-state index < -0.39 is 12.0 Å². The summed E-state index contributed by atoms with van der Waals surface area (Å²) in [5.41, 5.74) is 4.90. The van der Waals surface area contributed by atoms with Gasteiger partial charge >= 0.3 is 0 Å². The van der Waals surface area contributed by atoms with E-state index in [-0.39, 0.29) is 6.54 Å². The maximum atomic E-state index is 10.5. The molecule has 4 N–H and O–H groups in total. The lowest BCUT2D eigenvalue weighted by Gasteiger charge is -2.10. The van der Waals surface area contributed by atoms with Crippen LogP contribution in [-0.2, 0) is 9.53 Å². The van der Waals surface area contributed by atoms with Gasteiger partial charge in [0, 0.05) is 13.2 Å². The zero-order chi connectivity index (χ0) is 11.1. The van der Waals surface area contributed by atoms with Crippen LogP contribution >= 0.6 is 0 Å². The molecule has 5 heteroatoms. The van der Waals surface area contributed by atoms with E-state index in [2.05, 4.69) is 5.32 Å². The van der Waals surface area contributed by atoms with Crippen molar-refractivity contribution in [3.8, 4) is 0 Å². The number of ether oxygens (including phenoxy) is 1. The topological polar surface area (TPSA) is 84.6 Å². The van der Waals surface area contributed by atoms with Crippen molar-refractivity contribution < 1.29 is 14.6 Å². The second-order valence-electron chi connectivity index (χ2n) is 3.90. The Hall–Kier alpha value is -0.650.